The van der Waals surface area contributed by atoms with E-state index in [1.807, 2.05) is 0 Å². The highest BCUT2D eigenvalue weighted by molar-refractivity contribution is 5.83. The zero-order chi connectivity index (χ0) is 15.8. The molecule has 1 aromatic carbocycles. The predicted octanol–water partition coefficient (Wildman–Crippen LogP) is 1.92. The van der Waals surface area contributed by atoms with E-state index in [9.17, 15) is 4.79 Å². The van der Waals surface area contributed by atoms with Crippen LogP contribution in [0.15, 0.2) is 24.3 Å². The van der Waals surface area contributed by atoms with Crippen LogP contribution in [-0.4, -0.2) is 39.3 Å². The number of amides is 1. The van der Waals surface area contributed by atoms with E-state index >= 15 is 0 Å². The summed E-state index contributed by atoms with van der Waals surface area (Å²) in [5, 5.41) is 6.42. The molecule has 2 rings (SSSR count). The topological polar surface area (TPSA) is 50.4 Å². The first kappa shape index (κ1) is 17.0. The minimum atomic E-state index is -0.355. The molecular weight excluding hydrogens is 276 g/mol. The molecule has 0 radical (unpaired) electrons. The Kier molecular flexibility index (Phi) is 6.40. The monoisotopic (exact) mass is 304 g/mol. The molecule has 1 saturated heterocycles. The number of ether oxygens (including phenoxy) is 1. The van der Waals surface area contributed by atoms with Crippen LogP contribution in [0, 0.1) is 5.41 Å². The van der Waals surface area contributed by atoms with Gasteiger partial charge in [0.05, 0.1) is 12.0 Å². The van der Waals surface area contributed by atoms with Crippen molar-refractivity contribution < 1.29 is 9.53 Å². The lowest BCUT2D eigenvalue weighted by Crippen LogP contribution is -2.50. The van der Waals surface area contributed by atoms with Gasteiger partial charge in [0.25, 0.3) is 0 Å². The van der Waals surface area contributed by atoms with Gasteiger partial charge in [-0.15, -0.1) is 0 Å². The number of carbonyl (C=O) groups is 1. The summed E-state index contributed by atoms with van der Waals surface area (Å²) >= 11 is 0. The third-order valence-electron chi connectivity index (χ3n) is 4.59. The number of aryl methyl sites for hydroxylation is 1. The van der Waals surface area contributed by atoms with E-state index in [2.05, 4.69) is 41.8 Å². The summed E-state index contributed by atoms with van der Waals surface area (Å²) in [7, 11) is 1.67. The van der Waals surface area contributed by atoms with Gasteiger partial charge in [-0.1, -0.05) is 31.2 Å². The van der Waals surface area contributed by atoms with Gasteiger partial charge < -0.3 is 15.4 Å². The lowest BCUT2D eigenvalue weighted by molar-refractivity contribution is -0.136. The van der Waals surface area contributed by atoms with Crippen LogP contribution < -0.4 is 10.6 Å². The maximum absolute atomic E-state index is 12.6. The summed E-state index contributed by atoms with van der Waals surface area (Å²) in [5.41, 5.74) is 2.26. The molecule has 4 nitrogen and oxygen atoms in total. The fourth-order valence-corrected chi connectivity index (χ4v) is 3.07. The third kappa shape index (κ3) is 4.31. The van der Waals surface area contributed by atoms with Crippen molar-refractivity contribution in [3.05, 3.63) is 35.4 Å². The summed E-state index contributed by atoms with van der Waals surface area (Å²) in [6.45, 7) is 5.11. The smallest absolute Gasteiger partial charge is 0.228 e. The van der Waals surface area contributed by atoms with E-state index in [0.29, 0.717) is 13.2 Å². The normalized spacial score (nSPS) is 17.2. The van der Waals surface area contributed by atoms with Crippen LogP contribution in [0.2, 0.25) is 0 Å². The van der Waals surface area contributed by atoms with Gasteiger partial charge in [-0.25, -0.2) is 0 Å². The fourth-order valence-electron chi connectivity index (χ4n) is 3.07. The molecule has 1 fully saturated rings. The van der Waals surface area contributed by atoms with E-state index in [1.54, 1.807) is 7.11 Å². The summed E-state index contributed by atoms with van der Waals surface area (Å²) in [5.74, 6) is 0.140. The Hall–Kier alpha value is -1.39. The first-order valence-electron chi connectivity index (χ1n) is 8.26. The molecule has 0 aliphatic carbocycles. The minimum Gasteiger partial charge on any atom is -0.384 e. The van der Waals surface area contributed by atoms with Crippen molar-refractivity contribution in [2.45, 2.75) is 32.6 Å². The zero-order valence-corrected chi connectivity index (χ0v) is 13.8. The molecule has 2 N–H and O–H groups in total. The standard InChI is InChI=1S/C18H28N2O2/c1-3-15-4-6-16(7-5-15)8-11-20-17(21)18(14-22-2)9-12-19-13-10-18/h4-7,19H,3,8-14H2,1-2H3,(H,20,21). The van der Waals surface area contributed by atoms with Gasteiger partial charge in [-0.2, -0.15) is 0 Å². The maximum atomic E-state index is 12.6. The maximum Gasteiger partial charge on any atom is 0.228 e. The molecule has 0 spiro atoms. The van der Waals surface area contributed by atoms with Gasteiger partial charge in [0.1, 0.15) is 0 Å². The van der Waals surface area contributed by atoms with Gasteiger partial charge in [-0.3, -0.25) is 4.79 Å². The Labute approximate surface area is 133 Å². The first-order valence-corrected chi connectivity index (χ1v) is 8.26. The second-order valence-electron chi connectivity index (χ2n) is 6.14. The highest BCUT2D eigenvalue weighted by atomic mass is 16.5. The van der Waals surface area contributed by atoms with Crippen LogP contribution in [0.25, 0.3) is 0 Å². The molecule has 0 atom stereocenters. The highest BCUT2D eigenvalue weighted by Crippen LogP contribution is 2.29. The largest absolute Gasteiger partial charge is 0.384 e. The zero-order valence-electron chi connectivity index (χ0n) is 13.8. The van der Waals surface area contributed by atoms with Crippen molar-refractivity contribution in [3.63, 3.8) is 0 Å². The SMILES string of the molecule is CCc1ccc(CCNC(=O)C2(COC)CCNCC2)cc1. The Morgan fingerprint density at radius 1 is 1.23 bits per heavy atom. The van der Waals surface area contributed by atoms with Gasteiger partial charge in [0, 0.05) is 13.7 Å². The number of nitrogens with one attached hydrogen (secondary N) is 2. The van der Waals surface area contributed by atoms with Gasteiger partial charge in [0.15, 0.2) is 0 Å². The Morgan fingerprint density at radius 2 is 1.86 bits per heavy atom. The van der Waals surface area contributed by atoms with Gasteiger partial charge in [0.2, 0.25) is 5.91 Å². The van der Waals surface area contributed by atoms with Crippen molar-refractivity contribution in [2.75, 3.05) is 33.4 Å². The molecule has 0 aromatic heterocycles. The molecule has 1 amide bonds. The third-order valence-corrected chi connectivity index (χ3v) is 4.59. The first-order chi connectivity index (χ1) is 10.7. The van der Waals surface area contributed by atoms with Crippen LogP contribution in [0.5, 0.6) is 0 Å². The molecule has 122 valence electrons. The van der Waals surface area contributed by atoms with Gasteiger partial charge in [-0.05, 0) is 49.9 Å². The molecular formula is C18H28N2O2. The summed E-state index contributed by atoms with van der Waals surface area (Å²) in [6.07, 6.45) is 3.62. The van der Waals surface area contributed by atoms with Crippen molar-refractivity contribution in [3.8, 4) is 0 Å². The number of piperidine rings is 1. The number of rotatable bonds is 7. The summed E-state index contributed by atoms with van der Waals surface area (Å²) in [6, 6.07) is 8.63. The highest BCUT2D eigenvalue weighted by Gasteiger charge is 2.39. The molecule has 1 aromatic rings. The quantitative estimate of drug-likeness (QED) is 0.809. The van der Waals surface area contributed by atoms with Crippen molar-refractivity contribution in [1.82, 2.24) is 10.6 Å². The number of benzene rings is 1. The summed E-state index contributed by atoms with van der Waals surface area (Å²) < 4.78 is 5.31. The average molecular weight is 304 g/mol. The van der Waals surface area contributed by atoms with Crippen LogP contribution in [0.3, 0.4) is 0 Å². The minimum absolute atomic E-state index is 0.140. The van der Waals surface area contributed by atoms with E-state index in [0.717, 1.165) is 38.8 Å². The Bertz CT molecular complexity index is 459. The number of carbonyl (C=O) groups excluding carboxylic acids is 1. The van der Waals surface area contributed by atoms with E-state index in [4.69, 9.17) is 4.74 Å². The lowest BCUT2D eigenvalue weighted by Gasteiger charge is -2.35. The molecule has 4 heteroatoms. The molecule has 1 aliphatic heterocycles. The fraction of sp³-hybridized carbons (Fsp3) is 0.611. The van der Waals surface area contributed by atoms with Gasteiger partial charge >= 0.3 is 0 Å². The van der Waals surface area contributed by atoms with Crippen LogP contribution in [0.1, 0.15) is 30.9 Å². The van der Waals surface area contributed by atoms with E-state index in [1.165, 1.54) is 11.1 Å². The van der Waals surface area contributed by atoms with E-state index < -0.39 is 0 Å². The molecule has 1 aliphatic rings. The Balaban J connectivity index is 1.84. The van der Waals surface area contributed by atoms with E-state index in [-0.39, 0.29) is 11.3 Å². The second kappa shape index (κ2) is 8.30. The van der Waals surface area contributed by atoms with Crippen LogP contribution in [0.4, 0.5) is 0 Å². The molecule has 22 heavy (non-hydrogen) atoms. The molecule has 0 unspecified atom stereocenters. The van der Waals surface area contributed by atoms with Crippen LogP contribution >= 0.6 is 0 Å². The molecule has 0 bridgehead atoms. The molecule has 1 heterocycles. The average Bonchev–Trinajstić information content (AvgIpc) is 2.56. The number of methoxy groups -OCH3 is 1. The lowest BCUT2D eigenvalue weighted by atomic mass is 9.78. The number of hydrogen-bond donors (Lipinski definition) is 2. The second-order valence-corrected chi connectivity index (χ2v) is 6.14. The number of hydrogen-bond acceptors (Lipinski definition) is 3. The predicted molar refractivity (Wildman–Crippen MR) is 88.9 cm³/mol. The Morgan fingerprint density at radius 3 is 2.45 bits per heavy atom. The summed E-state index contributed by atoms with van der Waals surface area (Å²) in [4.78, 5) is 12.6. The van der Waals surface area contributed by atoms with Crippen LogP contribution in [-0.2, 0) is 22.4 Å². The molecule has 0 saturated carbocycles. The van der Waals surface area contributed by atoms with Crippen molar-refractivity contribution in [1.29, 1.82) is 0 Å². The van der Waals surface area contributed by atoms with Crippen molar-refractivity contribution in [2.24, 2.45) is 5.41 Å². The van der Waals surface area contributed by atoms with Crippen molar-refractivity contribution >= 4 is 5.91 Å².